The van der Waals surface area contributed by atoms with E-state index in [9.17, 15) is 0 Å². The molecule has 2 aromatic heterocycles. The molecule has 0 aromatic carbocycles. The minimum atomic E-state index is 0.00691. The Labute approximate surface area is 147 Å². The van der Waals surface area contributed by atoms with Crippen LogP contribution in [0.2, 0.25) is 0 Å². The summed E-state index contributed by atoms with van der Waals surface area (Å²) < 4.78 is 17.0. The summed E-state index contributed by atoms with van der Waals surface area (Å²) >= 11 is 0. The van der Waals surface area contributed by atoms with Crippen molar-refractivity contribution in [2.24, 2.45) is 11.3 Å². The van der Waals surface area contributed by atoms with Gasteiger partial charge in [0, 0.05) is 36.7 Å². The molecule has 0 unspecified atom stereocenters. The van der Waals surface area contributed by atoms with Crippen molar-refractivity contribution >= 4 is 5.82 Å². The van der Waals surface area contributed by atoms with Crippen LogP contribution in [0, 0.1) is 11.3 Å². The van der Waals surface area contributed by atoms with Crippen LogP contribution in [0.4, 0.5) is 5.82 Å². The van der Waals surface area contributed by atoms with Gasteiger partial charge in [0.15, 0.2) is 0 Å². The van der Waals surface area contributed by atoms with Crippen molar-refractivity contribution in [3.8, 4) is 5.88 Å². The van der Waals surface area contributed by atoms with Crippen LogP contribution >= 0.6 is 0 Å². The molecule has 0 radical (unpaired) electrons. The summed E-state index contributed by atoms with van der Waals surface area (Å²) in [5.41, 5.74) is 0.956. The van der Waals surface area contributed by atoms with Crippen LogP contribution in [0.25, 0.3) is 0 Å². The molecule has 2 aliphatic heterocycles. The molecular weight excluding hydrogens is 320 g/mol. The van der Waals surface area contributed by atoms with E-state index in [0.717, 1.165) is 37.8 Å². The second kappa shape index (κ2) is 6.93. The average Bonchev–Trinajstić information content (AvgIpc) is 3.20. The number of fused-ring (bicyclic) bond motifs is 1. The van der Waals surface area contributed by atoms with Gasteiger partial charge in [-0.3, -0.25) is 4.98 Å². The molecule has 4 heterocycles. The van der Waals surface area contributed by atoms with E-state index in [-0.39, 0.29) is 5.41 Å². The Morgan fingerprint density at radius 3 is 3.12 bits per heavy atom. The van der Waals surface area contributed by atoms with Gasteiger partial charge in [-0.25, -0.2) is 9.97 Å². The van der Waals surface area contributed by atoms with Gasteiger partial charge in [0.25, 0.3) is 0 Å². The van der Waals surface area contributed by atoms with Crippen LogP contribution < -0.4 is 9.64 Å². The minimum absolute atomic E-state index is 0.00691. The maximum Gasteiger partial charge on any atom is 0.218 e. The third-order valence-corrected chi connectivity index (χ3v) is 5.05. The summed E-state index contributed by atoms with van der Waals surface area (Å²) in [6.45, 7) is 4.45. The fourth-order valence-corrected chi connectivity index (χ4v) is 3.67. The third-order valence-electron chi connectivity index (χ3n) is 5.05. The topological polar surface area (TPSA) is 69.6 Å². The lowest BCUT2D eigenvalue weighted by Gasteiger charge is -2.27. The zero-order valence-corrected chi connectivity index (χ0v) is 14.3. The van der Waals surface area contributed by atoms with Crippen LogP contribution in [-0.2, 0) is 16.1 Å². The molecular formula is C18H22N4O3. The summed E-state index contributed by atoms with van der Waals surface area (Å²) in [6, 6.07) is 7.75. The highest BCUT2D eigenvalue weighted by molar-refractivity contribution is 5.43. The highest BCUT2D eigenvalue weighted by Gasteiger charge is 2.51. The van der Waals surface area contributed by atoms with Crippen LogP contribution in [0.15, 0.2) is 36.8 Å². The molecule has 7 heteroatoms. The van der Waals surface area contributed by atoms with Crippen LogP contribution in [-0.4, -0.2) is 55.0 Å². The summed E-state index contributed by atoms with van der Waals surface area (Å²) in [7, 11) is 1.62. The van der Waals surface area contributed by atoms with Crippen LogP contribution in [0.3, 0.4) is 0 Å². The largest absolute Gasteiger partial charge is 0.481 e. The molecule has 2 aliphatic rings. The fourth-order valence-electron chi connectivity index (χ4n) is 3.67. The summed E-state index contributed by atoms with van der Waals surface area (Å²) in [6.07, 6.45) is 3.33. The van der Waals surface area contributed by atoms with Gasteiger partial charge in [0.1, 0.15) is 12.1 Å². The molecule has 25 heavy (non-hydrogen) atoms. The first-order valence-electron chi connectivity index (χ1n) is 8.45. The van der Waals surface area contributed by atoms with Crippen LogP contribution in [0.1, 0.15) is 5.69 Å². The zero-order valence-electron chi connectivity index (χ0n) is 14.3. The van der Waals surface area contributed by atoms with Crippen LogP contribution in [0.5, 0.6) is 5.88 Å². The molecule has 2 atom stereocenters. The number of pyridine rings is 1. The summed E-state index contributed by atoms with van der Waals surface area (Å²) in [4.78, 5) is 15.1. The Morgan fingerprint density at radius 1 is 1.32 bits per heavy atom. The molecule has 2 fully saturated rings. The quantitative estimate of drug-likeness (QED) is 0.789. The van der Waals surface area contributed by atoms with Crippen molar-refractivity contribution in [3.05, 3.63) is 42.5 Å². The molecule has 0 saturated carbocycles. The molecule has 132 valence electrons. The number of ether oxygens (including phenoxy) is 3. The lowest BCUT2D eigenvalue weighted by atomic mass is 9.82. The highest BCUT2D eigenvalue weighted by atomic mass is 16.5. The first kappa shape index (κ1) is 16.2. The third kappa shape index (κ3) is 3.29. The van der Waals surface area contributed by atoms with E-state index in [1.807, 2.05) is 24.3 Å². The predicted molar refractivity (Wildman–Crippen MR) is 91.4 cm³/mol. The van der Waals surface area contributed by atoms with Crippen molar-refractivity contribution in [3.63, 3.8) is 0 Å². The first-order valence-corrected chi connectivity index (χ1v) is 8.45. The van der Waals surface area contributed by atoms with Crippen molar-refractivity contribution in [2.75, 3.05) is 44.9 Å². The van der Waals surface area contributed by atoms with E-state index in [2.05, 4.69) is 19.9 Å². The Hall–Kier alpha value is -2.25. The maximum absolute atomic E-state index is 6.01. The van der Waals surface area contributed by atoms with E-state index in [1.165, 1.54) is 0 Å². The number of methoxy groups -OCH3 is 1. The second-order valence-corrected chi connectivity index (χ2v) is 6.69. The number of nitrogens with zero attached hydrogens (tertiary/aromatic N) is 4. The molecule has 2 saturated heterocycles. The van der Waals surface area contributed by atoms with Gasteiger partial charge in [-0.05, 0) is 12.1 Å². The number of hydrogen-bond donors (Lipinski definition) is 0. The van der Waals surface area contributed by atoms with E-state index < -0.39 is 0 Å². The monoisotopic (exact) mass is 342 g/mol. The van der Waals surface area contributed by atoms with E-state index in [4.69, 9.17) is 14.2 Å². The number of anilines is 1. The smallest absolute Gasteiger partial charge is 0.218 e. The normalized spacial score (nSPS) is 25.2. The predicted octanol–water partition coefficient (Wildman–Crippen LogP) is 1.55. The Morgan fingerprint density at radius 2 is 2.28 bits per heavy atom. The van der Waals surface area contributed by atoms with Gasteiger partial charge in [0.05, 0.1) is 39.2 Å². The van der Waals surface area contributed by atoms with Gasteiger partial charge < -0.3 is 19.1 Å². The number of rotatable bonds is 6. The van der Waals surface area contributed by atoms with Gasteiger partial charge >= 0.3 is 0 Å². The standard InChI is InChI=1S/C18H22N4O3/c1-23-17-6-16(20-13-21-17)22-7-14-8-24-11-18(14,10-22)12-25-9-15-4-2-3-5-19-15/h2-6,13-14H,7-12H2,1H3/t14-,18+/m1/s1. The van der Waals surface area contributed by atoms with Crippen molar-refractivity contribution in [2.45, 2.75) is 6.61 Å². The lowest BCUT2D eigenvalue weighted by Crippen LogP contribution is -2.35. The molecule has 4 rings (SSSR count). The van der Waals surface area contributed by atoms with E-state index in [0.29, 0.717) is 25.0 Å². The van der Waals surface area contributed by atoms with E-state index in [1.54, 1.807) is 19.6 Å². The molecule has 0 amide bonds. The SMILES string of the molecule is COc1cc(N2C[C@@H]3COC[C@]3(COCc3ccccn3)C2)ncn1. The summed E-state index contributed by atoms with van der Waals surface area (Å²) in [5, 5.41) is 0. The highest BCUT2D eigenvalue weighted by Crippen LogP contribution is 2.43. The Bertz CT molecular complexity index is 714. The number of aromatic nitrogens is 3. The minimum Gasteiger partial charge on any atom is -0.481 e. The van der Waals surface area contributed by atoms with E-state index >= 15 is 0 Å². The molecule has 0 spiro atoms. The lowest BCUT2D eigenvalue weighted by molar-refractivity contribution is 0.0250. The van der Waals surface area contributed by atoms with Gasteiger partial charge in [-0.2, -0.15) is 0 Å². The Kier molecular flexibility index (Phi) is 4.50. The van der Waals surface area contributed by atoms with Crippen molar-refractivity contribution in [1.29, 1.82) is 0 Å². The zero-order chi connectivity index (χ0) is 17.1. The van der Waals surface area contributed by atoms with Gasteiger partial charge in [-0.15, -0.1) is 0 Å². The van der Waals surface area contributed by atoms with Gasteiger partial charge in [-0.1, -0.05) is 6.07 Å². The maximum atomic E-state index is 6.01. The molecule has 2 aromatic rings. The second-order valence-electron chi connectivity index (χ2n) is 6.69. The average molecular weight is 342 g/mol. The molecule has 7 nitrogen and oxygen atoms in total. The first-order chi connectivity index (χ1) is 12.3. The Balaban J connectivity index is 1.43. The van der Waals surface area contributed by atoms with Crippen molar-refractivity contribution in [1.82, 2.24) is 15.0 Å². The van der Waals surface area contributed by atoms with Crippen molar-refractivity contribution < 1.29 is 14.2 Å². The molecule has 0 bridgehead atoms. The molecule has 0 aliphatic carbocycles. The van der Waals surface area contributed by atoms with Gasteiger partial charge in [0.2, 0.25) is 5.88 Å². The fraction of sp³-hybridized carbons (Fsp3) is 0.500. The summed E-state index contributed by atoms with van der Waals surface area (Å²) in [5.74, 6) is 1.92. The molecule has 0 N–H and O–H groups in total. The number of hydrogen-bond acceptors (Lipinski definition) is 7.